The molecule has 393 valence electrons. The average molecular weight is 1070 g/mol. The SMILES string of the molecule is Cc1ccccc1N1c2cc(N(c3ccc(-c4cc5ccccc5o4)cc3)c3ccc4c(c3)C(C)(C)c3ccccc3-4)cc(c2)N(c2cccc(-c3cc4ccccc4o3)c2)c2cc(-c3cc4ccccc4o3)ccc2[B]c2ccccc21. The minimum Gasteiger partial charge on any atom is -0.456 e. The summed E-state index contributed by atoms with van der Waals surface area (Å²) in [6, 6.07) is 95.9. The van der Waals surface area contributed by atoms with Crippen molar-refractivity contribution in [3.63, 3.8) is 0 Å². The molecular formula is C76H53BN3O3. The topological polar surface area (TPSA) is 49.1 Å². The first-order chi connectivity index (χ1) is 40.8. The van der Waals surface area contributed by atoms with Gasteiger partial charge in [0.25, 0.3) is 0 Å². The van der Waals surface area contributed by atoms with Gasteiger partial charge >= 0.3 is 0 Å². The van der Waals surface area contributed by atoms with Crippen molar-refractivity contribution in [2.45, 2.75) is 26.2 Å². The Morgan fingerprint density at radius 3 is 1.58 bits per heavy atom. The summed E-state index contributed by atoms with van der Waals surface area (Å²) < 4.78 is 19.8. The Bertz CT molecular complexity index is 4770. The van der Waals surface area contributed by atoms with E-state index in [4.69, 9.17) is 13.3 Å². The maximum absolute atomic E-state index is 6.67. The van der Waals surface area contributed by atoms with E-state index in [2.05, 4.69) is 273 Å². The van der Waals surface area contributed by atoms with Gasteiger partial charge in [-0.15, -0.1) is 0 Å². The lowest BCUT2D eigenvalue weighted by molar-refractivity contribution is 0.631. The Labute approximate surface area is 482 Å². The predicted molar refractivity (Wildman–Crippen MR) is 343 cm³/mol. The van der Waals surface area contributed by atoms with Crippen LogP contribution in [-0.2, 0) is 5.41 Å². The molecule has 6 nitrogen and oxygen atoms in total. The van der Waals surface area contributed by atoms with Crippen LogP contribution in [0.2, 0.25) is 0 Å². The zero-order valence-corrected chi connectivity index (χ0v) is 46.0. The van der Waals surface area contributed by atoms with Gasteiger partial charge in [-0.2, -0.15) is 0 Å². The highest BCUT2D eigenvalue weighted by molar-refractivity contribution is 6.70. The van der Waals surface area contributed by atoms with Crippen LogP contribution < -0.4 is 25.6 Å². The second kappa shape index (κ2) is 19.1. The van der Waals surface area contributed by atoms with Gasteiger partial charge in [-0.1, -0.05) is 170 Å². The van der Waals surface area contributed by atoms with Gasteiger partial charge in [0.15, 0.2) is 7.28 Å². The molecule has 0 amide bonds. The van der Waals surface area contributed by atoms with Gasteiger partial charge in [-0.3, -0.25) is 0 Å². The van der Waals surface area contributed by atoms with Crippen molar-refractivity contribution < 1.29 is 13.3 Å². The number of para-hydroxylation sites is 5. The monoisotopic (exact) mass is 1070 g/mol. The molecule has 0 spiro atoms. The van der Waals surface area contributed by atoms with Crippen LogP contribution in [0.4, 0.5) is 51.2 Å². The van der Waals surface area contributed by atoms with Crippen molar-refractivity contribution in [1.29, 1.82) is 0 Å². The maximum atomic E-state index is 6.67. The van der Waals surface area contributed by atoms with Gasteiger partial charge in [-0.25, -0.2) is 0 Å². The Morgan fingerprint density at radius 2 is 0.892 bits per heavy atom. The predicted octanol–water partition coefficient (Wildman–Crippen LogP) is 19.9. The zero-order valence-electron chi connectivity index (χ0n) is 46.0. The summed E-state index contributed by atoms with van der Waals surface area (Å²) in [5, 5.41) is 3.18. The Hall–Kier alpha value is -10.5. The number of anilines is 9. The van der Waals surface area contributed by atoms with E-state index in [0.29, 0.717) is 0 Å². The number of furan rings is 3. The highest BCUT2D eigenvalue weighted by atomic mass is 16.3. The number of fused-ring (bicyclic) bond motifs is 10. The molecule has 0 unspecified atom stereocenters. The Kier molecular flexibility index (Phi) is 11.1. The van der Waals surface area contributed by atoms with Crippen LogP contribution in [0.5, 0.6) is 0 Å². The summed E-state index contributed by atoms with van der Waals surface area (Å²) in [6.45, 7) is 6.92. The van der Waals surface area contributed by atoms with Crippen LogP contribution in [0.25, 0.3) is 78.0 Å². The van der Waals surface area contributed by atoms with E-state index in [1.807, 2.05) is 36.4 Å². The smallest absolute Gasteiger partial charge is 0.197 e. The van der Waals surface area contributed by atoms with E-state index in [-0.39, 0.29) is 5.41 Å². The highest BCUT2D eigenvalue weighted by Gasteiger charge is 2.36. The van der Waals surface area contributed by atoms with Gasteiger partial charge in [0.1, 0.15) is 34.0 Å². The fourth-order valence-electron chi connectivity index (χ4n) is 12.8. The standard InChI is InChI=1S/C76H53BN3O3/c1-48-17-4-11-26-67(48)80-60-45-58(78(55-34-31-49(32-35-55)73-41-51-18-5-13-28-70(51)81-73)57-36-37-62-61-23-8-9-24-63(61)76(2,3)64(62)47-57)44-59(46-60)79(56-22-16-21-50(39-56)74-42-52-19-6-14-29-71(52)82-74)69-40-54(75-43-53-20-7-15-30-72(53)83-75)33-38-66(69)77-65-25-10-12-27-68(65)80/h4-47H,1-3H3. The lowest BCUT2D eigenvalue weighted by Gasteiger charge is -2.36. The molecule has 7 heteroatoms. The van der Waals surface area contributed by atoms with E-state index in [9.17, 15) is 0 Å². The van der Waals surface area contributed by atoms with Gasteiger partial charge < -0.3 is 28.0 Å². The summed E-state index contributed by atoms with van der Waals surface area (Å²) in [4.78, 5) is 7.30. The first-order valence-electron chi connectivity index (χ1n) is 28.4. The summed E-state index contributed by atoms with van der Waals surface area (Å²) in [5.74, 6) is 2.41. The Morgan fingerprint density at radius 1 is 0.349 bits per heavy atom. The van der Waals surface area contributed by atoms with Crippen molar-refractivity contribution in [3.8, 4) is 45.1 Å². The lowest BCUT2D eigenvalue weighted by atomic mass is 9.62. The third-order valence-electron chi connectivity index (χ3n) is 17.0. The summed E-state index contributed by atoms with van der Waals surface area (Å²) in [6.07, 6.45) is 0. The van der Waals surface area contributed by atoms with Crippen LogP contribution in [0.1, 0.15) is 30.5 Å². The molecule has 14 aromatic rings. The number of benzene rings is 11. The fourth-order valence-corrected chi connectivity index (χ4v) is 12.8. The molecule has 3 aromatic heterocycles. The molecule has 83 heavy (non-hydrogen) atoms. The molecule has 2 bridgehead atoms. The molecule has 16 rings (SSSR count). The first kappa shape index (κ1) is 48.4. The lowest BCUT2D eigenvalue weighted by Crippen LogP contribution is -2.35. The molecule has 4 heterocycles. The number of nitrogens with zero attached hydrogens (tertiary/aromatic N) is 3. The normalized spacial score (nSPS) is 13.1. The average Bonchev–Trinajstić information content (AvgIpc) is 3.85. The number of rotatable bonds is 8. The van der Waals surface area contributed by atoms with Crippen LogP contribution in [0.15, 0.2) is 280 Å². The number of aryl methyl sites for hydroxylation is 1. The van der Waals surface area contributed by atoms with Crippen molar-refractivity contribution in [2.75, 3.05) is 14.7 Å². The second-order valence-electron chi connectivity index (χ2n) is 22.4. The third kappa shape index (κ3) is 8.18. The first-order valence-corrected chi connectivity index (χ1v) is 28.4. The summed E-state index contributed by atoms with van der Waals surface area (Å²) >= 11 is 0. The molecule has 0 saturated heterocycles. The fraction of sp³-hybridized carbons (Fsp3) is 0.0526. The molecule has 0 saturated carbocycles. The Balaban J connectivity index is 0.978. The number of hydrogen-bond acceptors (Lipinski definition) is 6. The summed E-state index contributed by atoms with van der Waals surface area (Å²) in [5.41, 5.74) is 22.6. The van der Waals surface area contributed by atoms with E-state index >= 15 is 0 Å². The van der Waals surface area contributed by atoms with Crippen LogP contribution in [-0.4, -0.2) is 7.28 Å². The van der Waals surface area contributed by atoms with Crippen molar-refractivity contribution in [1.82, 2.24) is 0 Å². The molecular weight excluding hydrogens is 1010 g/mol. The molecule has 0 N–H and O–H groups in total. The van der Waals surface area contributed by atoms with Crippen LogP contribution in [0, 0.1) is 6.92 Å². The highest BCUT2D eigenvalue weighted by Crippen LogP contribution is 2.53. The molecule has 1 aliphatic carbocycles. The largest absolute Gasteiger partial charge is 0.456 e. The number of hydrogen-bond donors (Lipinski definition) is 0. The van der Waals surface area contributed by atoms with Crippen LogP contribution in [0.3, 0.4) is 0 Å². The van der Waals surface area contributed by atoms with E-state index in [1.165, 1.54) is 22.3 Å². The van der Waals surface area contributed by atoms with Crippen LogP contribution >= 0.6 is 0 Å². The molecule has 0 atom stereocenters. The van der Waals surface area contributed by atoms with E-state index < -0.39 is 0 Å². The van der Waals surface area contributed by atoms with Gasteiger partial charge in [0, 0.05) is 72.4 Å². The summed E-state index contributed by atoms with van der Waals surface area (Å²) in [7, 11) is 2.33. The zero-order chi connectivity index (χ0) is 55.3. The minimum absolute atomic E-state index is 0.243. The van der Waals surface area contributed by atoms with Crippen molar-refractivity contribution in [2.24, 2.45) is 0 Å². The molecule has 0 fully saturated rings. The molecule has 1 radical (unpaired) electrons. The van der Waals surface area contributed by atoms with E-state index in [1.54, 1.807) is 0 Å². The minimum atomic E-state index is -0.243. The van der Waals surface area contributed by atoms with Gasteiger partial charge in [-0.05, 0) is 156 Å². The quantitative estimate of drug-likeness (QED) is 0.141. The van der Waals surface area contributed by atoms with Crippen molar-refractivity contribution in [3.05, 3.63) is 284 Å². The van der Waals surface area contributed by atoms with Gasteiger partial charge in [0.05, 0.1) is 17.1 Å². The third-order valence-corrected chi connectivity index (χ3v) is 17.0. The second-order valence-corrected chi connectivity index (χ2v) is 22.4. The van der Waals surface area contributed by atoms with E-state index in [0.717, 1.165) is 135 Å². The molecule has 11 aromatic carbocycles. The van der Waals surface area contributed by atoms with Gasteiger partial charge in [0.2, 0.25) is 0 Å². The molecule has 2 aliphatic rings. The molecule has 1 aliphatic heterocycles. The maximum Gasteiger partial charge on any atom is 0.197 e. The van der Waals surface area contributed by atoms with Crippen molar-refractivity contribution >= 4 is 102 Å².